The van der Waals surface area contributed by atoms with Gasteiger partial charge in [-0.1, -0.05) is 0 Å². The van der Waals surface area contributed by atoms with Crippen LogP contribution < -0.4 is 5.32 Å². The van der Waals surface area contributed by atoms with Gasteiger partial charge in [0.15, 0.2) is 0 Å². The van der Waals surface area contributed by atoms with Gasteiger partial charge in [0.2, 0.25) is 0 Å². The van der Waals surface area contributed by atoms with Crippen molar-refractivity contribution in [2.75, 3.05) is 0 Å². The minimum atomic E-state index is -0.0560. The van der Waals surface area contributed by atoms with E-state index in [0.717, 1.165) is 25.7 Å². The van der Waals surface area contributed by atoms with Crippen LogP contribution in [-0.4, -0.2) is 17.3 Å². The van der Waals surface area contributed by atoms with Crippen LogP contribution in [0.5, 0.6) is 0 Å². The fourth-order valence-electron chi connectivity index (χ4n) is 2.21. The van der Waals surface area contributed by atoms with Crippen LogP contribution >= 0.6 is 11.3 Å². The minimum Gasteiger partial charge on any atom is -0.393 e. The Labute approximate surface area is 95.3 Å². The van der Waals surface area contributed by atoms with Gasteiger partial charge in [0.1, 0.15) is 0 Å². The van der Waals surface area contributed by atoms with Gasteiger partial charge in [-0.25, -0.2) is 0 Å². The molecule has 1 aromatic heterocycles. The summed E-state index contributed by atoms with van der Waals surface area (Å²) in [6, 6.07) is 3.21. The molecule has 1 atom stereocenters. The maximum atomic E-state index is 9.42. The lowest BCUT2D eigenvalue weighted by Gasteiger charge is -2.28. The van der Waals surface area contributed by atoms with E-state index in [0.29, 0.717) is 12.1 Å². The second-order valence-electron chi connectivity index (χ2n) is 4.45. The SMILES string of the molecule is CC(NC1CCC(O)CC1)c1ccsc1. The van der Waals surface area contributed by atoms with Crippen molar-refractivity contribution in [1.29, 1.82) is 0 Å². The molecule has 0 saturated heterocycles. The van der Waals surface area contributed by atoms with E-state index in [4.69, 9.17) is 0 Å². The van der Waals surface area contributed by atoms with Crippen molar-refractivity contribution in [2.45, 2.75) is 50.8 Å². The molecule has 15 heavy (non-hydrogen) atoms. The van der Waals surface area contributed by atoms with Crippen LogP contribution in [0, 0.1) is 0 Å². The molecule has 1 aliphatic carbocycles. The first-order chi connectivity index (χ1) is 7.25. The number of hydrogen-bond acceptors (Lipinski definition) is 3. The van der Waals surface area contributed by atoms with E-state index < -0.39 is 0 Å². The van der Waals surface area contributed by atoms with Crippen molar-refractivity contribution in [1.82, 2.24) is 5.32 Å². The molecule has 0 bridgehead atoms. The van der Waals surface area contributed by atoms with E-state index in [1.165, 1.54) is 5.56 Å². The maximum Gasteiger partial charge on any atom is 0.0541 e. The lowest BCUT2D eigenvalue weighted by Crippen LogP contribution is -2.36. The summed E-state index contributed by atoms with van der Waals surface area (Å²) in [7, 11) is 0. The quantitative estimate of drug-likeness (QED) is 0.829. The fraction of sp³-hybridized carbons (Fsp3) is 0.667. The molecule has 2 rings (SSSR count). The summed E-state index contributed by atoms with van der Waals surface area (Å²) in [5, 5.41) is 17.4. The summed E-state index contributed by atoms with van der Waals surface area (Å²) < 4.78 is 0. The molecular formula is C12H19NOS. The van der Waals surface area contributed by atoms with E-state index in [2.05, 4.69) is 29.1 Å². The molecule has 0 spiro atoms. The predicted octanol–water partition coefficient (Wildman–Crippen LogP) is 2.70. The smallest absolute Gasteiger partial charge is 0.0541 e. The lowest BCUT2D eigenvalue weighted by atomic mass is 9.92. The molecule has 2 nitrogen and oxygen atoms in total. The third-order valence-corrected chi connectivity index (χ3v) is 3.93. The molecule has 1 aliphatic rings. The normalized spacial score (nSPS) is 28.9. The number of nitrogens with one attached hydrogen (secondary N) is 1. The van der Waals surface area contributed by atoms with Crippen molar-refractivity contribution in [3.8, 4) is 0 Å². The van der Waals surface area contributed by atoms with Crippen LogP contribution in [0.25, 0.3) is 0 Å². The Hall–Kier alpha value is -0.380. The van der Waals surface area contributed by atoms with Crippen molar-refractivity contribution in [3.63, 3.8) is 0 Å². The fourth-order valence-corrected chi connectivity index (χ4v) is 2.97. The zero-order valence-electron chi connectivity index (χ0n) is 9.15. The van der Waals surface area contributed by atoms with E-state index in [9.17, 15) is 5.11 Å². The second-order valence-corrected chi connectivity index (χ2v) is 5.23. The zero-order chi connectivity index (χ0) is 10.7. The van der Waals surface area contributed by atoms with E-state index in [-0.39, 0.29) is 6.10 Å². The Bertz CT molecular complexity index is 278. The Morgan fingerprint density at radius 2 is 2.13 bits per heavy atom. The van der Waals surface area contributed by atoms with Gasteiger partial charge in [0, 0.05) is 12.1 Å². The maximum absolute atomic E-state index is 9.42. The molecule has 0 radical (unpaired) electrons. The predicted molar refractivity (Wildman–Crippen MR) is 64.1 cm³/mol. The molecule has 3 heteroatoms. The molecular weight excluding hydrogens is 206 g/mol. The Morgan fingerprint density at radius 1 is 1.40 bits per heavy atom. The molecule has 1 aromatic rings. The van der Waals surface area contributed by atoms with Crippen molar-refractivity contribution >= 4 is 11.3 Å². The molecule has 1 saturated carbocycles. The van der Waals surface area contributed by atoms with Gasteiger partial charge < -0.3 is 10.4 Å². The highest BCUT2D eigenvalue weighted by Crippen LogP contribution is 2.22. The highest BCUT2D eigenvalue weighted by Gasteiger charge is 2.20. The molecule has 0 aliphatic heterocycles. The first kappa shape index (κ1) is 11.1. The Morgan fingerprint density at radius 3 is 2.73 bits per heavy atom. The summed E-state index contributed by atoms with van der Waals surface area (Å²) in [5.41, 5.74) is 1.38. The standard InChI is InChI=1S/C12H19NOS/c1-9(10-6-7-15-8-10)13-11-2-4-12(14)5-3-11/h6-9,11-14H,2-5H2,1H3. The molecule has 0 aromatic carbocycles. The number of hydrogen-bond donors (Lipinski definition) is 2. The minimum absolute atomic E-state index is 0.0560. The third-order valence-electron chi connectivity index (χ3n) is 3.23. The van der Waals surface area contributed by atoms with Crippen LogP contribution in [0.3, 0.4) is 0 Å². The van der Waals surface area contributed by atoms with E-state index in [1.807, 2.05) is 0 Å². The molecule has 1 fully saturated rings. The average Bonchev–Trinajstić information content (AvgIpc) is 2.74. The summed E-state index contributed by atoms with van der Waals surface area (Å²) in [6.07, 6.45) is 4.06. The number of thiophene rings is 1. The number of aliphatic hydroxyl groups is 1. The average molecular weight is 225 g/mol. The van der Waals surface area contributed by atoms with E-state index >= 15 is 0 Å². The van der Waals surface area contributed by atoms with Gasteiger partial charge in [-0.2, -0.15) is 11.3 Å². The largest absolute Gasteiger partial charge is 0.393 e. The Kier molecular flexibility index (Phi) is 3.78. The highest BCUT2D eigenvalue weighted by molar-refractivity contribution is 7.07. The summed E-state index contributed by atoms with van der Waals surface area (Å²) in [4.78, 5) is 0. The van der Waals surface area contributed by atoms with Gasteiger partial charge in [0.25, 0.3) is 0 Å². The van der Waals surface area contributed by atoms with Gasteiger partial charge >= 0.3 is 0 Å². The monoisotopic (exact) mass is 225 g/mol. The molecule has 84 valence electrons. The van der Waals surface area contributed by atoms with E-state index in [1.54, 1.807) is 11.3 Å². The van der Waals surface area contributed by atoms with Crippen LogP contribution in [-0.2, 0) is 0 Å². The van der Waals surface area contributed by atoms with Crippen molar-refractivity contribution < 1.29 is 5.11 Å². The van der Waals surface area contributed by atoms with Crippen LogP contribution in [0.4, 0.5) is 0 Å². The lowest BCUT2D eigenvalue weighted by molar-refractivity contribution is 0.114. The number of rotatable bonds is 3. The molecule has 1 unspecified atom stereocenters. The van der Waals surface area contributed by atoms with Gasteiger partial charge in [-0.15, -0.1) is 0 Å². The first-order valence-electron chi connectivity index (χ1n) is 5.72. The van der Waals surface area contributed by atoms with Crippen LogP contribution in [0.1, 0.15) is 44.2 Å². The third kappa shape index (κ3) is 3.03. The van der Waals surface area contributed by atoms with Gasteiger partial charge in [-0.3, -0.25) is 0 Å². The zero-order valence-corrected chi connectivity index (χ0v) is 9.96. The van der Waals surface area contributed by atoms with Gasteiger partial charge in [0.05, 0.1) is 6.10 Å². The molecule has 1 heterocycles. The van der Waals surface area contributed by atoms with Crippen molar-refractivity contribution in [3.05, 3.63) is 22.4 Å². The summed E-state index contributed by atoms with van der Waals surface area (Å²) in [6.45, 7) is 2.22. The topological polar surface area (TPSA) is 32.3 Å². The summed E-state index contributed by atoms with van der Waals surface area (Å²) >= 11 is 1.75. The molecule has 2 N–H and O–H groups in total. The Balaban J connectivity index is 1.82. The van der Waals surface area contributed by atoms with Gasteiger partial charge in [-0.05, 0) is 55.0 Å². The second kappa shape index (κ2) is 5.10. The van der Waals surface area contributed by atoms with Crippen molar-refractivity contribution in [2.24, 2.45) is 0 Å². The first-order valence-corrected chi connectivity index (χ1v) is 6.66. The van der Waals surface area contributed by atoms with Crippen LogP contribution in [0.2, 0.25) is 0 Å². The highest BCUT2D eigenvalue weighted by atomic mass is 32.1. The summed E-state index contributed by atoms with van der Waals surface area (Å²) in [5.74, 6) is 0. The molecule has 0 amide bonds. The number of aliphatic hydroxyl groups excluding tert-OH is 1. The van der Waals surface area contributed by atoms with Crippen LogP contribution in [0.15, 0.2) is 16.8 Å².